The van der Waals surface area contributed by atoms with Crippen molar-refractivity contribution in [3.63, 3.8) is 0 Å². The number of nitrogens with two attached hydrogens (primary N) is 2. The Hall–Kier alpha value is -2.88. The van der Waals surface area contributed by atoms with E-state index >= 15 is 0 Å². The summed E-state index contributed by atoms with van der Waals surface area (Å²) in [5.41, 5.74) is 14.9. The number of ether oxygens (including phenoxy) is 1. The third kappa shape index (κ3) is 5.90. The zero-order valence-corrected chi connectivity index (χ0v) is 25.2. The lowest BCUT2D eigenvalue weighted by Crippen LogP contribution is -2.57. The van der Waals surface area contributed by atoms with Gasteiger partial charge in [-0.05, 0) is 79.6 Å². The molecule has 3 aliphatic rings. The number of carbonyl (C=O) groups excluding carboxylic acids is 2. The standard InChI is InChI=1S/C31H38ClN3O5S/c1-19-14-24(21-10-6-11-22(16-21)41(2,38)39)25(32)17-23(19)27-28(33)31(40-30(27)37)12-7-13-35(18-31)26(29(34)36)15-20-8-4-3-5-9-20/h6,10-11,14,16-17,20,26H,3-5,7-9,12-13,15,18,33H2,1-2H3,(H2,34,36). The fraction of sp³-hybridized carbons (Fsp3) is 0.484. The van der Waals surface area contributed by atoms with Crippen molar-refractivity contribution in [2.24, 2.45) is 17.4 Å². The molecule has 1 spiro atoms. The maximum absolute atomic E-state index is 13.4. The maximum Gasteiger partial charge on any atom is 0.341 e. The molecule has 0 aromatic heterocycles. The molecule has 1 amide bonds. The van der Waals surface area contributed by atoms with Crippen LogP contribution in [0.3, 0.4) is 0 Å². The molecule has 1 aliphatic carbocycles. The summed E-state index contributed by atoms with van der Waals surface area (Å²) in [5, 5.41) is 0.358. The van der Waals surface area contributed by atoms with Gasteiger partial charge in [-0.1, -0.05) is 55.8 Å². The van der Waals surface area contributed by atoms with E-state index in [2.05, 4.69) is 4.90 Å². The summed E-state index contributed by atoms with van der Waals surface area (Å²) in [6.07, 6.45) is 8.97. The van der Waals surface area contributed by atoms with E-state index in [4.69, 9.17) is 27.8 Å². The maximum atomic E-state index is 13.4. The summed E-state index contributed by atoms with van der Waals surface area (Å²) < 4.78 is 30.2. The number of benzene rings is 2. The number of aryl methyl sites for hydroxylation is 1. The summed E-state index contributed by atoms with van der Waals surface area (Å²) in [4.78, 5) is 28.2. The molecule has 5 rings (SSSR count). The Labute approximate surface area is 247 Å². The molecule has 8 nitrogen and oxygen atoms in total. The van der Waals surface area contributed by atoms with Crippen LogP contribution in [-0.4, -0.2) is 56.2 Å². The molecular formula is C31H38ClN3O5S. The fourth-order valence-corrected chi connectivity index (χ4v) is 7.69. The average molecular weight is 600 g/mol. The fourth-order valence-electron chi connectivity index (χ4n) is 6.75. The molecule has 220 valence electrons. The highest BCUT2D eigenvalue weighted by atomic mass is 35.5. The van der Waals surface area contributed by atoms with Gasteiger partial charge in [0.1, 0.15) is 0 Å². The second-order valence-corrected chi connectivity index (χ2v) is 14.3. The highest BCUT2D eigenvalue weighted by Crippen LogP contribution is 2.44. The van der Waals surface area contributed by atoms with Gasteiger partial charge in [-0.15, -0.1) is 0 Å². The van der Waals surface area contributed by atoms with Crippen LogP contribution in [0, 0.1) is 12.8 Å². The number of primary amides is 1. The van der Waals surface area contributed by atoms with Gasteiger partial charge in [-0.2, -0.15) is 0 Å². The van der Waals surface area contributed by atoms with Crippen LogP contribution in [0.5, 0.6) is 0 Å². The minimum absolute atomic E-state index is 0.195. The Bertz CT molecular complexity index is 1520. The number of hydrogen-bond donors (Lipinski definition) is 2. The SMILES string of the molecule is Cc1cc(-c2cccc(S(C)(=O)=O)c2)c(Cl)cc1C1=C(N)C2(CCCN(C(CC3CCCCC3)C(N)=O)C2)OC1=O. The van der Waals surface area contributed by atoms with Gasteiger partial charge in [0.05, 0.1) is 22.2 Å². The van der Waals surface area contributed by atoms with E-state index in [-0.39, 0.29) is 16.4 Å². The number of esters is 1. The van der Waals surface area contributed by atoms with Gasteiger partial charge < -0.3 is 16.2 Å². The normalized spacial score (nSPS) is 23.1. The van der Waals surface area contributed by atoms with Crippen LogP contribution in [0.4, 0.5) is 0 Å². The molecule has 2 aromatic rings. The van der Waals surface area contributed by atoms with Gasteiger partial charge in [0, 0.05) is 23.4 Å². The molecular weight excluding hydrogens is 562 g/mol. The van der Waals surface area contributed by atoms with Crippen LogP contribution < -0.4 is 11.5 Å². The van der Waals surface area contributed by atoms with Gasteiger partial charge in [-0.25, -0.2) is 13.2 Å². The highest BCUT2D eigenvalue weighted by molar-refractivity contribution is 7.90. The van der Waals surface area contributed by atoms with Gasteiger partial charge in [0.25, 0.3) is 0 Å². The van der Waals surface area contributed by atoms with Gasteiger partial charge >= 0.3 is 5.97 Å². The van der Waals surface area contributed by atoms with Crippen LogP contribution in [0.25, 0.3) is 16.7 Å². The summed E-state index contributed by atoms with van der Waals surface area (Å²) in [5.74, 6) is -0.397. The van der Waals surface area contributed by atoms with Crippen LogP contribution >= 0.6 is 11.6 Å². The number of piperidine rings is 1. The Morgan fingerprint density at radius 3 is 2.56 bits per heavy atom. The summed E-state index contributed by atoms with van der Waals surface area (Å²) >= 11 is 6.72. The van der Waals surface area contributed by atoms with E-state index in [0.29, 0.717) is 65.7 Å². The molecule has 0 bridgehead atoms. The zero-order chi connectivity index (χ0) is 29.5. The smallest absolute Gasteiger partial charge is 0.341 e. The molecule has 0 radical (unpaired) electrons. The zero-order valence-electron chi connectivity index (χ0n) is 23.6. The highest BCUT2D eigenvalue weighted by Gasteiger charge is 2.51. The molecule has 1 saturated heterocycles. The van der Waals surface area contributed by atoms with E-state index in [1.807, 2.05) is 13.0 Å². The number of rotatable bonds is 7. The molecule has 2 fully saturated rings. The van der Waals surface area contributed by atoms with Crippen molar-refractivity contribution >= 4 is 38.9 Å². The van der Waals surface area contributed by atoms with E-state index in [0.717, 1.165) is 24.7 Å². The van der Waals surface area contributed by atoms with Crippen molar-refractivity contribution in [3.8, 4) is 11.1 Å². The van der Waals surface area contributed by atoms with Crippen molar-refractivity contribution in [2.75, 3.05) is 19.3 Å². The first kappa shape index (κ1) is 29.6. The lowest BCUT2D eigenvalue weighted by Gasteiger charge is -2.43. The quantitative estimate of drug-likeness (QED) is 0.444. The van der Waals surface area contributed by atoms with Crippen LogP contribution in [0.15, 0.2) is 47.0 Å². The minimum Gasteiger partial charge on any atom is -0.448 e. The van der Waals surface area contributed by atoms with Crippen LogP contribution in [0.1, 0.15) is 62.5 Å². The Kier molecular flexibility index (Phi) is 8.25. The van der Waals surface area contributed by atoms with Crippen molar-refractivity contribution < 1.29 is 22.7 Å². The predicted octanol–water partition coefficient (Wildman–Crippen LogP) is 4.60. The van der Waals surface area contributed by atoms with Gasteiger partial charge in [0.15, 0.2) is 15.4 Å². The number of likely N-dealkylation sites (tertiary alicyclic amines) is 1. The summed E-state index contributed by atoms with van der Waals surface area (Å²) in [6, 6.07) is 9.69. The van der Waals surface area contributed by atoms with Gasteiger partial charge in [-0.3, -0.25) is 9.69 Å². The largest absolute Gasteiger partial charge is 0.448 e. The van der Waals surface area contributed by atoms with Crippen molar-refractivity contribution in [1.82, 2.24) is 4.90 Å². The van der Waals surface area contributed by atoms with Crippen molar-refractivity contribution in [2.45, 2.75) is 74.8 Å². The Morgan fingerprint density at radius 1 is 1.15 bits per heavy atom. The van der Waals surface area contributed by atoms with Crippen LogP contribution in [0.2, 0.25) is 5.02 Å². The Balaban J connectivity index is 1.46. The number of nitrogens with zero attached hydrogens (tertiary/aromatic N) is 1. The average Bonchev–Trinajstić information content (AvgIpc) is 3.16. The van der Waals surface area contributed by atoms with Crippen molar-refractivity contribution in [3.05, 3.63) is 58.2 Å². The van der Waals surface area contributed by atoms with E-state index in [1.54, 1.807) is 30.3 Å². The minimum atomic E-state index is -3.39. The van der Waals surface area contributed by atoms with Crippen molar-refractivity contribution in [1.29, 1.82) is 0 Å². The van der Waals surface area contributed by atoms with E-state index in [1.165, 1.54) is 19.3 Å². The number of carbonyl (C=O) groups is 2. The molecule has 2 heterocycles. The first-order valence-electron chi connectivity index (χ1n) is 14.3. The first-order chi connectivity index (χ1) is 19.4. The molecule has 1 saturated carbocycles. The third-order valence-corrected chi connectivity index (χ3v) is 10.4. The number of hydrogen-bond acceptors (Lipinski definition) is 7. The third-order valence-electron chi connectivity index (χ3n) is 8.94. The Morgan fingerprint density at radius 2 is 1.88 bits per heavy atom. The van der Waals surface area contributed by atoms with E-state index < -0.39 is 27.4 Å². The lowest BCUT2D eigenvalue weighted by molar-refractivity contribution is -0.151. The summed E-state index contributed by atoms with van der Waals surface area (Å²) in [6.45, 7) is 2.86. The molecule has 2 unspecified atom stereocenters. The monoisotopic (exact) mass is 599 g/mol. The van der Waals surface area contributed by atoms with E-state index in [9.17, 15) is 18.0 Å². The molecule has 4 N–H and O–H groups in total. The molecule has 2 aliphatic heterocycles. The topological polar surface area (TPSA) is 133 Å². The summed E-state index contributed by atoms with van der Waals surface area (Å²) in [7, 11) is -3.39. The molecule has 2 atom stereocenters. The van der Waals surface area contributed by atoms with Crippen LogP contribution in [-0.2, 0) is 24.2 Å². The second-order valence-electron chi connectivity index (χ2n) is 11.9. The number of sulfone groups is 1. The number of halogens is 1. The first-order valence-corrected chi connectivity index (χ1v) is 16.5. The molecule has 10 heteroatoms. The second kappa shape index (κ2) is 11.4. The molecule has 41 heavy (non-hydrogen) atoms. The lowest BCUT2D eigenvalue weighted by atomic mass is 9.82. The number of amides is 1. The van der Waals surface area contributed by atoms with Gasteiger partial charge in [0.2, 0.25) is 5.91 Å². The predicted molar refractivity (Wildman–Crippen MR) is 160 cm³/mol. The molecule has 2 aromatic carbocycles.